The number of rotatable bonds is 10. The second-order valence-corrected chi connectivity index (χ2v) is 40.1. The van der Waals surface area contributed by atoms with E-state index in [0.717, 1.165) is 0 Å². The largest absolute Gasteiger partial charge is 1.00 e. The van der Waals surface area contributed by atoms with Gasteiger partial charge in [-0.05, 0) is 99.5 Å². The summed E-state index contributed by atoms with van der Waals surface area (Å²) in [4.78, 5) is 52.4. The Labute approximate surface area is 565 Å². The third-order valence-corrected chi connectivity index (χ3v) is 17.2. The number of halogens is 8. The van der Waals surface area contributed by atoms with E-state index in [2.05, 4.69) is 221 Å². The van der Waals surface area contributed by atoms with Gasteiger partial charge in [0, 0.05) is 0 Å². The van der Waals surface area contributed by atoms with Crippen LogP contribution in [-0.2, 0) is 90.4 Å². The molecule has 6 aliphatic rings. The molecular weight excluding hydrogens is 1630 g/mol. The van der Waals surface area contributed by atoms with Crippen LogP contribution in [0.1, 0.15) is 31.4 Å². The number of alkyl halides is 2. The van der Waals surface area contributed by atoms with Gasteiger partial charge in [-0.25, -0.2) is 35.2 Å². The van der Waals surface area contributed by atoms with Gasteiger partial charge in [0.15, 0.2) is 67.1 Å². The van der Waals surface area contributed by atoms with E-state index in [-0.39, 0.29) is 124 Å². The fourth-order valence-corrected chi connectivity index (χ4v) is 13.7. The molecule has 0 saturated carbocycles. The summed E-state index contributed by atoms with van der Waals surface area (Å²) in [6.45, 7) is 1.93. The minimum atomic E-state index is -5.42. The number of carbonyl (C=O) groups is 4. The summed E-state index contributed by atoms with van der Waals surface area (Å²) in [7, 11) is -10.9. The molecule has 10 unspecified atom stereocenters. The molecule has 86 heavy (non-hydrogen) atoms. The Hall–Kier alpha value is -2.97. The van der Waals surface area contributed by atoms with E-state index in [1.807, 2.05) is 0 Å². The topological polar surface area (TPSA) is 238 Å². The van der Waals surface area contributed by atoms with Crippen molar-refractivity contribution < 1.29 is 150 Å². The number of fused-ring (bicyclic) bond motifs is 2. The molecule has 6 heterocycles. The maximum absolute atomic E-state index is 12.0. The number of esters is 4. The summed E-state index contributed by atoms with van der Waals surface area (Å²) >= 11 is 5.30. The van der Waals surface area contributed by atoms with E-state index < -0.39 is 70.7 Å². The van der Waals surface area contributed by atoms with Crippen LogP contribution in [0.5, 0.6) is 0 Å². The van der Waals surface area contributed by atoms with Gasteiger partial charge in [-0.15, -0.1) is 7.77 Å². The summed E-state index contributed by atoms with van der Waals surface area (Å²) in [5.41, 5.74) is 2.61. The first-order chi connectivity index (χ1) is 39.5. The van der Waals surface area contributed by atoms with Gasteiger partial charge in [-0.3, -0.25) is 9.59 Å². The Balaban J connectivity index is 0.000000279. The summed E-state index contributed by atoms with van der Waals surface area (Å²) in [6, 6.07) is 60.8. The molecule has 0 aliphatic carbocycles. The molecule has 0 N–H and O–H groups in total. The first-order valence-corrected chi connectivity index (χ1v) is 42.4. The number of benzene rings is 6. The molecule has 6 aromatic rings. The van der Waals surface area contributed by atoms with Crippen molar-refractivity contribution in [2.75, 3.05) is 13.3 Å². The summed E-state index contributed by atoms with van der Waals surface area (Å²) in [5, 5.41) is 0. The minimum Gasteiger partial charge on any atom is -1.00 e. The van der Waals surface area contributed by atoms with Crippen LogP contribution in [0.4, 0.5) is 16.6 Å². The minimum absolute atomic E-state index is 0. The first kappa shape index (κ1) is 77.3. The van der Waals surface area contributed by atoms with Crippen molar-refractivity contribution in [2.24, 2.45) is 11.8 Å². The fourth-order valence-electron chi connectivity index (χ4n) is 9.52. The van der Waals surface area contributed by atoms with E-state index in [1.165, 1.54) is 40.5 Å². The third kappa shape index (κ3) is 23.4. The van der Waals surface area contributed by atoms with Crippen LogP contribution in [0.15, 0.2) is 199 Å². The van der Waals surface area contributed by atoms with Gasteiger partial charge in [-0.2, -0.15) is 0 Å². The number of ether oxygens (including phenoxy) is 6. The molecule has 29 heteroatoms. The molecule has 6 saturated heterocycles. The van der Waals surface area contributed by atoms with E-state index >= 15 is 0 Å². The van der Waals surface area contributed by atoms with Gasteiger partial charge in [0.05, 0.1) is 45.8 Å². The van der Waals surface area contributed by atoms with Crippen molar-refractivity contribution >= 4 is 104 Å². The SMILES string of the molecule is C.Cc1ccc([S+](c2ccccc2)c2ccccc2)cc1.Cc1ccc([S+](c2ccccc2)c2ccccc2)cc1.I[I-]I.O=C(CF)OC1C2CC3C(=O)OC1C3O2.O=C(CF)OC1C2CC3C(=O)OC1C3O2.O=S(=O)([O-])F.O=S(=O)([O-])F.[Br-].[Na+]. The van der Waals surface area contributed by atoms with Crippen LogP contribution in [-0.4, -0.2) is 112 Å². The van der Waals surface area contributed by atoms with Gasteiger partial charge >= 0.3 is 104 Å². The van der Waals surface area contributed by atoms with Crippen molar-refractivity contribution in [3.05, 3.63) is 181 Å². The number of carbonyl (C=O) groups excluding carboxylic acids is 4. The van der Waals surface area contributed by atoms with Crippen LogP contribution in [0.3, 0.4) is 0 Å². The quantitative estimate of drug-likeness (QED) is 0.0277. The Morgan fingerprint density at radius 2 is 0.756 bits per heavy atom. The summed E-state index contributed by atoms with van der Waals surface area (Å²) in [5.74, 6) is -2.91. The van der Waals surface area contributed by atoms with Gasteiger partial charge in [0.1, 0.15) is 12.2 Å². The Bertz CT molecular complexity index is 2990. The van der Waals surface area contributed by atoms with Crippen molar-refractivity contribution in [2.45, 2.75) is 112 Å². The van der Waals surface area contributed by atoms with Gasteiger partial charge in [0.2, 0.25) is 0 Å². The van der Waals surface area contributed by atoms with Crippen LogP contribution in [0.2, 0.25) is 0 Å². The average Bonchev–Trinajstić information content (AvgIpc) is 1.86. The van der Waals surface area contributed by atoms with E-state index in [1.54, 1.807) is 0 Å². The maximum Gasteiger partial charge on any atom is 1.00 e. The average molecular weight is 1680 g/mol. The second-order valence-electron chi connectivity index (χ2n) is 18.3. The van der Waals surface area contributed by atoms with E-state index in [9.17, 15) is 35.7 Å². The zero-order valence-electron chi connectivity index (χ0n) is 45.0. The molecule has 4 bridgehead atoms. The van der Waals surface area contributed by atoms with Crippen LogP contribution in [0.25, 0.3) is 0 Å². The van der Waals surface area contributed by atoms with E-state index in [4.69, 9.17) is 54.4 Å². The Kier molecular flexibility index (Phi) is 33.6. The summed E-state index contributed by atoms with van der Waals surface area (Å²) < 4.78 is 125. The molecule has 16 nitrogen and oxygen atoms in total. The monoisotopic (exact) mass is 1680 g/mol. The van der Waals surface area contributed by atoms with Crippen molar-refractivity contribution in [1.29, 1.82) is 0 Å². The molecule has 462 valence electrons. The first-order valence-electron chi connectivity index (χ1n) is 24.7. The Morgan fingerprint density at radius 1 is 0.523 bits per heavy atom. The molecule has 0 spiro atoms. The molecule has 6 aliphatic heterocycles. The fraction of sp³-hybridized carbons (Fsp3) is 0.298. The van der Waals surface area contributed by atoms with Crippen LogP contribution >= 0.6 is 37.2 Å². The predicted molar refractivity (Wildman–Crippen MR) is 314 cm³/mol. The molecule has 6 aromatic carbocycles. The van der Waals surface area contributed by atoms with Crippen LogP contribution in [0, 0.1) is 25.7 Å². The molecule has 0 radical (unpaired) electrons. The van der Waals surface area contributed by atoms with Crippen molar-refractivity contribution in [3.8, 4) is 0 Å². The van der Waals surface area contributed by atoms with Crippen molar-refractivity contribution in [3.63, 3.8) is 0 Å². The summed E-state index contributed by atoms with van der Waals surface area (Å²) in [6.07, 6.45) is -2.54. The molecular formula is C57H56BrF4I3NaO16S4-. The standard InChI is InChI=1S/2C19H17S.2C9H9FO5.CH4.BrH.2FHO3S.I3.Na/c2*1-16-12-14-19(15-13-16)20(17-8-4-2-5-9-17)18-10-6-3-7-11-18;2*10-2-5(11)14-7-4-1-3-6(13-4)8(7)15-9(3)12;;;2*1-5(2,3)4;1-3-2;/h2*2-15H,1H3;2*3-4,6-8H,1-2H2;1H4;1H;2*(H,2,3,4);;/q2*+1;;;;;;;-1;+1/p-3. The second kappa shape index (κ2) is 37.4. The molecule has 0 aromatic heterocycles. The predicted octanol–water partition coefficient (Wildman–Crippen LogP) is 1.59. The third-order valence-electron chi connectivity index (χ3n) is 12.7. The normalized spacial score (nSPS) is 22.5. The Morgan fingerprint density at radius 3 is 0.988 bits per heavy atom. The zero-order chi connectivity index (χ0) is 60.4. The van der Waals surface area contributed by atoms with Crippen LogP contribution < -0.4 is 59.8 Å². The molecule has 10 atom stereocenters. The number of hydrogen-bond acceptors (Lipinski definition) is 16. The van der Waals surface area contributed by atoms with Gasteiger partial charge in [0.25, 0.3) is 21.0 Å². The number of hydrogen-bond donors (Lipinski definition) is 0. The van der Waals surface area contributed by atoms with E-state index in [0.29, 0.717) is 26.1 Å². The molecule has 0 amide bonds. The van der Waals surface area contributed by atoms with Gasteiger partial charge in [-0.1, -0.05) is 116 Å². The smallest absolute Gasteiger partial charge is 1.00 e. The molecule has 12 rings (SSSR count). The molecule has 6 fully saturated rings. The van der Waals surface area contributed by atoms with Gasteiger partial charge < -0.3 is 54.5 Å². The zero-order valence-corrected chi connectivity index (χ0v) is 58.3. The van der Waals surface area contributed by atoms with Crippen molar-refractivity contribution in [1.82, 2.24) is 0 Å². The number of aryl methyl sites for hydroxylation is 2. The maximum atomic E-state index is 12.0.